The van der Waals surface area contributed by atoms with Crippen LogP contribution in [0.5, 0.6) is 0 Å². The summed E-state index contributed by atoms with van der Waals surface area (Å²) in [6.07, 6.45) is 5.60. The number of nitriles is 1. The van der Waals surface area contributed by atoms with Crippen molar-refractivity contribution >= 4 is 17.9 Å². The molecule has 11 nitrogen and oxygen atoms in total. The maximum Gasteiger partial charge on any atom is 0.414 e. The lowest BCUT2D eigenvalue weighted by Gasteiger charge is -2.25. The fourth-order valence-electron chi connectivity index (χ4n) is 5.53. The highest BCUT2D eigenvalue weighted by molar-refractivity contribution is 5.90. The highest BCUT2D eigenvalue weighted by atomic mass is 19.1. The SMILES string of the molecule is CC(C)(C)OC(=O)N1C=C2C(C1)C2(C#N)c1ccncc1-c1c(F)cc(N2C[C@H](Cn3ccnn3)OC2=O)cc1F. The Kier molecular flexibility index (Phi) is 6.02. The van der Waals surface area contributed by atoms with Crippen molar-refractivity contribution in [2.45, 2.75) is 44.4 Å². The monoisotopic (exact) mass is 561 g/mol. The second kappa shape index (κ2) is 9.36. The second-order valence-electron chi connectivity index (χ2n) is 11.1. The number of nitrogens with zero attached hydrogens (tertiary/aromatic N) is 7. The van der Waals surface area contributed by atoms with Crippen LogP contribution in [0.3, 0.4) is 0 Å². The zero-order valence-corrected chi connectivity index (χ0v) is 22.4. The van der Waals surface area contributed by atoms with Gasteiger partial charge >= 0.3 is 12.2 Å². The maximum absolute atomic E-state index is 15.7. The van der Waals surface area contributed by atoms with E-state index in [9.17, 15) is 14.9 Å². The van der Waals surface area contributed by atoms with Crippen molar-refractivity contribution in [3.05, 3.63) is 72.0 Å². The van der Waals surface area contributed by atoms with Crippen LogP contribution >= 0.6 is 0 Å². The zero-order chi connectivity index (χ0) is 29.1. The number of benzene rings is 1. The van der Waals surface area contributed by atoms with E-state index in [4.69, 9.17) is 9.47 Å². The molecule has 6 rings (SSSR count). The van der Waals surface area contributed by atoms with Crippen LogP contribution in [-0.4, -0.2) is 61.9 Å². The fraction of sp³-hybridized carbons (Fsp3) is 0.357. The normalized spacial score (nSPS) is 23.1. The van der Waals surface area contributed by atoms with Crippen molar-refractivity contribution in [3.63, 3.8) is 0 Å². The van der Waals surface area contributed by atoms with Gasteiger partial charge in [0.1, 0.15) is 28.8 Å². The van der Waals surface area contributed by atoms with Gasteiger partial charge in [0.2, 0.25) is 0 Å². The summed E-state index contributed by atoms with van der Waals surface area (Å²) in [6.45, 7) is 5.79. The number of aromatic nitrogens is 4. The summed E-state index contributed by atoms with van der Waals surface area (Å²) < 4.78 is 43.6. The number of hydrogen-bond acceptors (Lipinski definition) is 8. The molecule has 0 spiro atoms. The summed E-state index contributed by atoms with van der Waals surface area (Å²) in [5, 5.41) is 17.8. The van der Waals surface area contributed by atoms with E-state index in [1.807, 2.05) is 0 Å². The Morgan fingerprint density at radius 1 is 1.24 bits per heavy atom. The van der Waals surface area contributed by atoms with Gasteiger partial charge in [-0.25, -0.2) is 23.1 Å². The summed E-state index contributed by atoms with van der Waals surface area (Å²) in [7, 11) is 0. The Balaban J connectivity index is 1.29. The van der Waals surface area contributed by atoms with E-state index in [-0.39, 0.29) is 42.4 Å². The lowest BCUT2D eigenvalue weighted by atomic mass is 9.87. The summed E-state index contributed by atoms with van der Waals surface area (Å²) in [6, 6.07) is 6.00. The number of halogens is 2. The lowest BCUT2D eigenvalue weighted by Crippen LogP contribution is -2.35. The average molecular weight is 562 g/mol. The third-order valence-electron chi connectivity index (χ3n) is 7.34. The molecular weight excluding hydrogens is 536 g/mol. The third kappa shape index (κ3) is 4.45. The van der Waals surface area contributed by atoms with E-state index in [2.05, 4.69) is 21.4 Å². The zero-order valence-electron chi connectivity index (χ0n) is 22.4. The first-order valence-electron chi connectivity index (χ1n) is 12.9. The maximum atomic E-state index is 15.7. The van der Waals surface area contributed by atoms with Crippen LogP contribution < -0.4 is 4.90 Å². The Labute approximate surface area is 233 Å². The van der Waals surface area contributed by atoms with E-state index >= 15 is 8.78 Å². The smallest absolute Gasteiger partial charge is 0.414 e. The van der Waals surface area contributed by atoms with Gasteiger partial charge in [0.05, 0.1) is 36.6 Å². The molecule has 1 aliphatic carbocycles. The Morgan fingerprint density at radius 3 is 2.61 bits per heavy atom. The fourth-order valence-corrected chi connectivity index (χ4v) is 5.53. The minimum atomic E-state index is -1.17. The molecule has 2 amide bonds. The van der Waals surface area contributed by atoms with Crippen LogP contribution in [0.15, 0.2) is 54.8 Å². The van der Waals surface area contributed by atoms with Crippen molar-refractivity contribution in [3.8, 4) is 17.2 Å². The number of carbonyl (C=O) groups excluding carboxylic acids is 2. The van der Waals surface area contributed by atoms with Gasteiger partial charge in [0.15, 0.2) is 0 Å². The number of ether oxygens (including phenoxy) is 2. The van der Waals surface area contributed by atoms with Gasteiger partial charge < -0.3 is 9.47 Å². The van der Waals surface area contributed by atoms with E-state index in [1.54, 1.807) is 39.2 Å². The van der Waals surface area contributed by atoms with Gasteiger partial charge in [-0.15, -0.1) is 5.10 Å². The van der Waals surface area contributed by atoms with Gasteiger partial charge in [0, 0.05) is 42.8 Å². The number of fused-ring (bicyclic) bond motifs is 1. The van der Waals surface area contributed by atoms with Crippen LogP contribution in [0, 0.1) is 28.9 Å². The second-order valence-corrected chi connectivity index (χ2v) is 11.1. The molecule has 2 fully saturated rings. The highest BCUT2D eigenvalue weighted by Crippen LogP contribution is 2.64. The van der Waals surface area contributed by atoms with E-state index in [1.165, 1.54) is 28.2 Å². The van der Waals surface area contributed by atoms with Crippen LogP contribution in [0.25, 0.3) is 11.1 Å². The van der Waals surface area contributed by atoms with Gasteiger partial charge in [-0.1, -0.05) is 5.21 Å². The average Bonchev–Trinajstić information content (AvgIpc) is 3.41. The first-order valence-corrected chi connectivity index (χ1v) is 12.9. The minimum absolute atomic E-state index is 0.00530. The summed E-state index contributed by atoms with van der Waals surface area (Å²) in [4.78, 5) is 31.7. The number of rotatable bonds is 5. The molecule has 3 atom stereocenters. The molecular formula is C28H25F2N7O4. The van der Waals surface area contributed by atoms with Crippen molar-refractivity contribution in [2.24, 2.45) is 5.92 Å². The number of pyridine rings is 1. The lowest BCUT2D eigenvalue weighted by molar-refractivity contribution is 0.0336. The van der Waals surface area contributed by atoms with Gasteiger partial charge in [0.25, 0.3) is 0 Å². The molecule has 0 radical (unpaired) electrons. The summed E-state index contributed by atoms with van der Waals surface area (Å²) >= 11 is 0. The molecule has 1 saturated carbocycles. The first kappa shape index (κ1) is 26.4. The van der Waals surface area contributed by atoms with Crippen LogP contribution in [0.4, 0.5) is 24.1 Å². The molecule has 1 saturated heterocycles. The molecule has 41 heavy (non-hydrogen) atoms. The topological polar surface area (TPSA) is 126 Å². The number of amides is 2. The molecule has 2 aliphatic heterocycles. The molecule has 2 aromatic heterocycles. The van der Waals surface area contributed by atoms with E-state index < -0.39 is 40.9 Å². The highest BCUT2D eigenvalue weighted by Gasteiger charge is 2.66. The molecule has 3 aromatic rings. The molecule has 13 heteroatoms. The summed E-state index contributed by atoms with van der Waals surface area (Å²) in [5.41, 5.74) is -1.06. The van der Waals surface area contributed by atoms with Crippen LogP contribution in [0.2, 0.25) is 0 Å². The molecule has 210 valence electrons. The number of hydrogen-bond donors (Lipinski definition) is 0. The predicted molar refractivity (Wildman–Crippen MR) is 139 cm³/mol. The van der Waals surface area contributed by atoms with Crippen LogP contribution in [-0.2, 0) is 21.4 Å². The van der Waals surface area contributed by atoms with Crippen molar-refractivity contribution in [1.82, 2.24) is 24.9 Å². The quantitative estimate of drug-likeness (QED) is 0.454. The van der Waals surface area contributed by atoms with E-state index in [0.717, 1.165) is 17.0 Å². The van der Waals surface area contributed by atoms with Crippen molar-refractivity contribution < 1.29 is 27.8 Å². The molecule has 0 bridgehead atoms. The van der Waals surface area contributed by atoms with Gasteiger partial charge in [-0.3, -0.25) is 14.8 Å². The van der Waals surface area contributed by atoms with Gasteiger partial charge in [-0.05, 0) is 50.1 Å². The largest absolute Gasteiger partial charge is 0.443 e. The molecule has 3 aliphatic rings. The number of cyclic esters (lactones) is 1. The standard InChI is InChI=1S/C28H25F2N7O4/c1-27(2,3)41-25(38)35-13-20-21(14-35)28(20,15-31)19-4-5-32-10-18(19)24-22(29)8-16(9-23(24)30)37-12-17(40-26(37)39)11-36-7-6-33-34-36/h4-10,13,17,21H,11-12,14H2,1-3H3/t17-,21?,28?/m0/s1. The Morgan fingerprint density at radius 2 is 2.00 bits per heavy atom. The molecule has 2 unspecified atom stereocenters. The third-order valence-corrected chi connectivity index (χ3v) is 7.34. The van der Waals surface area contributed by atoms with Crippen molar-refractivity contribution in [2.75, 3.05) is 18.0 Å². The van der Waals surface area contributed by atoms with Crippen LogP contribution in [0.1, 0.15) is 26.3 Å². The summed E-state index contributed by atoms with van der Waals surface area (Å²) in [5.74, 6) is -2.21. The molecule has 4 heterocycles. The first-order chi connectivity index (χ1) is 19.5. The molecule has 1 aromatic carbocycles. The predicted octanol–water partition coefficient (Wildman–Crippen LogP) is 4.17. The van der Waals surface area contributed by atoms with Gasteiger partial charge in [-0.2, -0.15) is 5.26 Å². The minimum Gasteiger partial charge on any atom is -0.443 e. The number of anilines is 1. The van der Waals surface area contributed by atoms with Crippen molar-refractivity contribution in [1.29, 1.82) is 5.26 Å². The number of carbonyl (C=O) groups is 2. The molecule has 0 N–H and O–H groups in total. The Hall–Kier alpha value is -4.86. The Bertz CT molecular complexity index is 1610. The van der Waals surface area contributed by atoms with E-state index in [0.29, 0.717) is 11.1 Å².